The van der Waals surface area contributed by atoms with E-state index in [4.69, 9.17) is 4.74 Å². The standard InChI is InChI=1S/C13H13FN2O4/c14-9-1-3-11(4-2-9)19-8-10(17)7-15-13(18)12-5-6-20-16-12/h1-6,10,17H,7-8H2,(H,15,18). The normalized spacial score (nSPS) is 11.9. The van der Waals surface area contributed by atoms with E-state index in [1.807, 2.05) is 0 Å². The van der Waals surface area contributed by atoms with Gasteiger partial charge in [0.15, 0.2) is 5.69 Å². The summed E-state index contributed by atoms with van der Waals surface area (Å²) in [6, 6.07) is 6.84. The molecule has 2 rings (SSSR count). The van der Waals surface area contributed by atoms with Gasteiger partial charge in [-0.25, -0.2) is 4.39 Å². The van der Waals surface area contributed by atoms with E-state index in [0.717, 1.165) is 0 Å². The Balaban J connectivity index is 1.71. The predicted molar refractivity (Wildman–Crippen MR) is 66.7 cm³/mol. The third kappa shape index (κ3) is 4.06. The molecule has 2 aromatic rings. The Morgan fingerprint density at radius 2 is 2.15 bits per heavy atom. The highest BCUT2D eigenvalue weighted by Gasteiger charge is 2.11. The number of nitrogens with zero attached hydrogens (tertiary/aromatic N) is 1. The van der Waals surface area contributed by atoms with Gasteiger partial charge in [0.1, 0.15) is 30.5 Å². The van der Waals surface area contributed by atoms with E-state index < -0.39 is 12.0 Å². The molecule has 0 aliphatic carbocycles. The summed E-state index contributed by atoms with van der Waals surface area (Å²) in [5.74, 6) is -0.370. The molecule has 0 bridgehead atoms. The van der Waals surface area contributed by atoms with Crippen molar-refractivity contribution in [3.63, 3.8) is 0 Å². The summed E-state index contributed by atoms with van der Waals surface area (Å²) >= 11 is 0. The van der Waals surface area contributed by atoms with Gasteiger partial charge in [-0.1, -0.05) is 5.16 Å². The van der Waals surface area contributed by atoms with Crippen LogP contribution >= 0.6 is 0 Å². The molecule has 0 saturated heterocycles. The summed E-state index contributed by atoms with van der Waals surface area (Å²) in [4.78, 5) is 11.5. The van der Waals surface area contributed by atoms with Gasteiger partial charge in [-0.15, -0.1) is 0 Å². The Morgan fingerprint density at radius 3 is 2.80 bits per heavy atom. The Morgan fingerprint density at radius 1 is 1.40 bits per heavy atom. The summed E-state index contributed by atoms with van der Waals surface area (Å²) in [5.41, 5.74) is 0.136. The van der Waals surface area contributed by atoms with Crippen LogP contribution in [0.15, 0.2) is 41.1 Å². The molecule has 2 N–H and O–H groups in total. The second-order valence-corrected chi connectivity index (χ2v) is 4.01. The molecule has 7 heteroatoms. The van der Waals surface area contributed by atoms with Crippen molar-refractivity contribution < 1.29 is 23.6 Å². The van der Waals surface area contributed by atoms with Crippen molar-refractivity contribution in [1.82, 2.24) is 10.5 Å². The number of carbonyl (C=O) groups is 1. The van der Waals surface area contributed by atoms with E-state index in [1.165, 1.54) is 36.6 Å². The zero-order chi connectivity index (χ0) is 14.4. The van der Waals surface area contributed by atoms with Crippen LogP contribution in [0.25, 0.3) is 0 Å². The maximum Gasteiger partial charge on any atom is 0.273 e. The van der Waals surface area contributed by atoms with E-state index in [-0.39, 0.29) is 24.7 Å². The van der Waals surface area contributed by atoms with Crippen LogP contribution in [-0.2, 0) is 0 Å². The van der Waals surface area contributed by atoms with Crippen LogP contribution < -0.4 is 10.1 Å². The maximum absolute atomic E-state index is 12.7. The second kappa shape index (κ2) is 6.67. The lowest BCUT2D eigenvalue weighted by atomic mass is 10.3. The molecular weight excluding hydrogens is 267 g/mol. The molecule has 6 nitrogen and oxygen atoms in total. The molecule has 0 aliphatic rings. The average molecular weight is 280 g/mol. The number of ether oxygens (including phenoxy) is 1. The largest absolute Gasteiger partial charge is 0.491 e. The van der Waals surface area contributed by atoms with Gasteiger partial charge < -0.3 is 19.7 Å². The van der Waals surface area contributed by atoms with Crippen molar-refractivity contribution in [3.05, 3.63) is 48.1 Å². The van der Waals surface area contributed by atoms with Crippen LogP contribution in [0.1, 0.15) is 10.5 Å². The lowest BCUT2D eigenvalue weighted by molar-refractivity contribution is 0.0836. The Labute approximate surface area is 114 Å². The third-order valence-electron chi connectivity index (χ3n) is 2.42. The molecule has 1 aromatic heterocycles. The number of rotatable bonds is 6. The third-order valence-corrected chi connectivity index (χ3v) is 2.42. The molecule has 0 spiro atoms. The van der Waals surface area contributed by atoms with E-state index in [1.54, 1.807) is 0 Å². The fourth-order valence-corrected chi connectivity index (χ4v) is 1.41. The summed E-state index contributed by atoms with van der Waals surface area (Å²) in [5, 5.41) is 15.6. The Hall–Kier alpha value is -2.41. The van der Waals surface area contributed by atoms with Gasteiger partial charge in [-0.2, -0.15) is 0 Å². The van der Waals surface area contributed by atoms with Crippen LogP contribution in [0.2, 0.25) is 0 Å². The molecule has 1 amide bonds. The minimum atomic E-state index is -0.893. The first kappa shape index (κ1) is 14.0. The van der Waals surface area contributed by atoms with Gasteiger partial charge in [-0.3, -0.25) is 4.79 Å². The van der Waals surface area contributed by atoms with Gasteiger partial charge in [0.25, 0.3) is 5.91 Å². The molecule has 0 saturated carbocycles. The topological polar surface area (TPSA) is 84.6 Å². The average Bonchev–Trinajstić information content (AvgIpc) is 2.98. The van der Waals surface area contributed by atoms with Crippen LogP contribution in [0.5, 0.6) is 5.75 Å². The molecule has 106 valence electrons. The zero-order valence-electron chi connectivity index (χ0n) is 10.5. The number of aliphatic hydroxyl groups is 1. The van der Waals surface area contributed by atoms with Crippen molar-refractivity contribution in [3.8, 4) is 5.75 Å². The molecule has 0 fully saturated rings. The Bertz CT molecular complexity index is 542. The quantitative estimate of drug-likeness (QED) is 0.824. The number of carbonyl (C=O) groups excluding carboxylic acids is 1. The van der Waals surface area contributed by atoms with E-state index in [0.29, 0.717) is 5.75 Å². The Kier molecular flexibility index (Phi) is 4.67. The fraction of sp³-hybridized carbons (Fsp3) is 0.231. The predicted octanol–water partition coefficient (Wildman–Crippen LogP) is 0.983. The highest BCUT2D eigenvalue weighted by atomic mass is 19.1. The van der Waals surface area contributed by atoms with E-state index >= 15 is 0 Å². The number of benzene rings is 1. The van der Waals surface area contributed by atoms with Crippen molar-refractivity contribution in [2.24, 2.45) is 0 Å². The summed E-state index contributed by atoms with van der Waals surface area (Å²) in [6.07, 6.45) is 0.388. The second-order valence-electron chi connectivity index (χ2n) is 4.01. The van der Waals surface area contributed by atoms with Gasteiger partial charge >= 0.3 is 0 Å². The fourth-order valence-electron chi connectivity index (χ4n) is 1.41. The number of aromatic nitrogens is 1. The zero-order valence-corrected chi connectivity index (χ0v) is 10.5. The smallest absolute Gasteiger partial charge is 0.273 e. The van der Waals surface area contributed by atoms with Gasteiger partial charge in [-0.05, 0) is 24.3 Å². The lowest BCUT2D eigenvalue weighted by Gasteiger charge is -2.12. The first-order chi connectivity index (χ1) is 9.65. The number of aliphatic hydroxyl groups excluding tert-OH is 1. The number of nitrogens with one attached hydrogen (secondary N) is 1. The van der Waals surface area contributed by atoms with Gasteiger partial charge in [0.05, 0.1) is 0 Å². The molecule has 20 heavy (non-hydrogen) atoms. The van der Waals surface area contributed by atoms with E-state index in [9.17, 15) is 14.3 Å². The molecule has 1 unspecified atom stereocenters. The molecular formula is C13H13FN2O4. The SMILES string of the molecule is O=C(NCC(O)COc1ccc(F)cc1)c1ccon1. The molecule has 0 radical (unpaired) electrons. The first-order valence-corrected chi connectivity index (χ1v) is 5.90. The van der Waals surface area contributed by atoms with Gasteiger partial charge in [0, 0.05) is 12.6 Å². The minimum absolute atomic E-state index is 0.00683. The van der Waals surface area contributed by atoms with Crippen molar-refractivity contribution in [2.75, 3.05) is 13.2 Å². The van der Waals surface area contributed by atoms with Crippen molar-refractivity contribution in [2.45, 2.75) is 6.10 Å². The molecule has 1 heterocycles. The van der Waals surface area contributed by atoms with Crippen LogP contribution in [0.4, 0.5) is 4.39 Å². The highest BCUT2D eigenvalue weighted by Crippen LogP contribution is 2.11. The van der Waals surface area contributed by atoms with Gasteiger partial charge in [0.2, 0.25) is 0 Å². The molecule has 1 aromatic carbocycles. The number of hydrogen-bond acceptors (Lipinski definition) is 5. The monoisotopic (exact) mass is 280 g/mol. The number of hydrogen-bond donors (Lipinski definition) is 2. The summed E-state index contributed by atoms with van der Waals surface area (Å²) < 4.78 is 22.4. The first-order valence-electron chi connectivity index (χ1n) is 5.90. The maximum atomic E-state index is 12.7. The van der Waals surface area contributed by atoms with Crippen LogP contribution in [0.3, 0.4) is 0 Å². The lowest BCUT2D eigenvalue weighted by Crippen LogP contribution is -2.35. The minimum Gasteiger partial charge on any atom is -0.491 e. The van der Waals surface area contributed by atoms with Crippen molar-refractivity contribution >= 4 is 5.91 Å². The van der Waals surface area contributed by atoms with Crippen LogP contribution in [0, 0.1) is 5.82 Å². The molecule has 0 aliphatic heterocycles. The summed E-state index contributed by atoms with van der Waals surface area (Å²) in [7, 11) is 0. The molecule has 1 atom stereocenters. The number of halogens is 1. The van der Waals surface area contributed by atoms with Crippen molar-refractivity contribution in [1.29, 1.82) is 0 Å². The number of amides is 1. The van der Waals surface area contributed by atoms with Crippen LogP contribution in [-0.4, -0.2) is 35.4 Å². The summed E-state index contributed by atoms with van der Waals surface area (Å²) in [6.45, 7) is -0.0163. The highest BCUT2D eigenvalue weighted by molar-refractivity contribution is 5.91. The van der Waals surface area contributed by atoms with E-state index in [2.05, 4.69) is 15.0 Å².